The standard InChI is InChI=1S/2C4H9.4CH3.S.2Sn/c2*1-3-4-2;;;;;;;/h2*1,3-4H2,2H3;4*1H3;;;. The second-order valence-electron chi connectivity index (χ2n) is 5.83. The van der Waals surface area contributed by atoms with Crippen molar-refractivity contribution in [2.24, 2.45) is 0 Å². The first kappa shape index (κ1) is 16.9. The zero-order valence-electron chi connectivity index (χ0n) is 11.7. The van der Waals surface area contributed by atoms with Gasteiger partial charge in [0.1, 0.15) is 0 Å². The van der Waals surface area contributed by atoms with Gasteiger partial charge in [-0.1, -0.05) is 0 Å². The summed E-state index contributed by atoms with van der Waals surface area (Å²) in [5.41, 5.74) is 0. The molecule has 0 aromatic carbocycles. The minimum absolute atomic E-state index is 1.39. The Kier molecular flexibility index (Phi) is 9.17. The first-order chi connectivity index (χ1) is 6.83. The van der Waals surface area contributed by atoms with Gasteiger partial charge in [-0.15, -0.1) is 0 Å². The molecular formula is C12H30SSn2. The van der Waals surface area contributed by atoms with Gasteiger partial charge >= 0.3 is 108 Å². The van der Waals surface area contributed by atoms with Crippen LogP contribution in [-0.4, -0.2) is 34.0 Å². The van der Waals surface area contributed by atoms with Crippen molar-refractivity contribution in [3.63, 3.8) is 0 Å². The molecule has 15 heavy (non-hydrogen) atoms. The Hall–Kier alpha value is 1.95. The Morgan fingerprint density at radius 1 is 0.733 bits per heavy atom. The van der Waals surface area contributed by atoms with Crippen LogP contribution in [0.5, 0.6) is 0 Å². The summed E-state index contributed by atoms with van der Waals surface area (Å²) in [6.45, 7) is 4.66. The van der Waals surface area contributed by atoms with Gasteiger partial charge in [0.25, 0.3) is 0 Å². The molecule has 0 heterocycles. The van der Waals surface area contributed by atoms with Crippen LogP contribution < -0.4 is 0 Å². The van der Waals surface area contributed by atoms with Gasteiger partial charge in [-0.2, -0.15) is 0 Å². The summed E-state index contributed by atoms with van der Waals surface area (Å²) >= 11 is -3.28. The molecule has 0 rings (SSSR count). The van der Waals surface area contributed by atoms with E-state index in [9.17, 15) is 0 Å². The molecule has 0 radical (unpaired) electrons. The number of hydrogen-bond acceptors (Lipinski definition) is 1. The predicted molar refractivity (Wildman–Crippen MR) is 82.0 cm³/mol. The fourth-order valence-corrected chi connectivity index (χ4v) is 125. The molecule has 0 fully saturated rings. The third kappa shape index (κ3) is 9.63. The molecule has 0 saturated carbocycles. The molecule has 0 unspecified atom stereocenters. The van der Waals surface area contributed by atoms with E-state index < -0.39 is 34.0 Å². The van der Waals surface area contributed by atoms with Crippen LogP contribution in [-0.2, 0) is 0 Å². The summed E-state index contributed by atoms with van der Waals surface area (Å²) in [6.07, 6.45) is 8.38. The summed E-state index contributed by atoms with van der Waals surface area (Å²) in [7, 11) is 0. The van der Waals surface area contributed by atoms with Crippen molar-refractivity contribution in [2.45, 2.75) is 68.2 Å². The van der Waals surface area contributed by atoms with Crippen LogP contribution in [0.4, 0.5) is 0 Å². The molecule has 0 N–H and O–H groups in total. The molecule has 0 spiro atoms. The minimum atomic E-state index is -1.64. The monoisotopic (exact) mass is 446 g/mol. The molecule has 0 aliphatic carbocycles. The van der Waals surface area contributed by atoms with E-state index in [2.05, 4.69) is 39.7 Å². The molecule has 0 amide bonds. The summed E-state index contributed by atoms with van der Waals surface area (Å²) in [4.78, 5) is 10.7. The third-order valence-corrected chi connectivity index (χ3v) is 88.5. The number of unbranched alkanes of at least 4 members (excludes halogenated alkanes) is 2. The molecule has 92 valence electrons. The van der Waals surface area contributed by atoms with E-state index in [1.165, 1.54) is 25.7 Å². The zero-order chi connectivity index (χ0) is 11.9. The van der Waals surface area contributed by atoms with Gasteiger partial charge in [0.05, 0.1) is 0 Å². The summed E-state index contributed by atoms with van der Waals surface area (Å²) < 4.78 is 3.23. The van der Waals surface area contributed by atoms with Gasteiger partial charge in [0, 0.05) is 0 Å². The van der Waals surface area contributed by atoms with E-state index in [1.54, 1.807) is 8.87 Å². The van der Waals surface area contributed by atoms with Crippen LogP contribution in [0.1, 0.15) is 39.5 Å². The second-order valence-corrected chi connectivity index (χ2v) is 57.3. The van der Waals surface area contributed by atoms with Crippen LogP contribution in [0.2, 0.25) is 28.6 Å². The fraction of sp³-hybridized carbons (Fsp3) is 1.00. The molecule has 0 aromatic rings. The summed E-state index contributed by atoms with van der Waals surface area (Å²) in [5.74, 6) is 0. The molecule has 0 aliphatic rings. The van der Waals surface area contributed by atoms with E-state index in [-0.39, 0.29) is 0 Å². The Morgan fingerprint density at radius 2 is 1.07 bits per heavy atom. The molecule has 0 saturated heterocycles. The van der Waals surface area contributed by atoms with E-state index in [0.717, 1.165) is 0 Å². The van der Waals surface area contributed by atoms with Crippen molar-refractivity contribution in [3.8, 4) is 0 Å². The first-order valence-corrected chi connectivity index (χ1v) is 29.8. The molecule has 3 heteroatoms. The van der Waals surface area contributed by atoms with Crippen molar-refractivity contribution in [1.29, 1.82) is 0 Å². The molecule has 0 aliphatic heterocycles. The molecule has 0 atom stereocenters. The van der Waals surface area contributed by atoms with Crippen molar-refractivity contribution in [3.05, 3.63) is 0 Å². The number of rotatable bonds is 8. The Labute approximate surface area is 107 Å². The Morgan fingerprint density at radius 3 is 1.33 bits per heavy atom. The second kappa shape index (κ2) is 8.12. The van der Waals surface area contributed by atoms with E-state index >= 15 is 0 Å². The Bertz CT molecular complexity index is 149. The molecule has 0 aromatic heterocycles. The fourth-order valence-electron chi connectivity index (χ4n) is 2.06. The van der Waals surface area contributed by atoms with Crippen LogP contribution in [0.3, 0.4) is 0 Å². The topological polar surface area (TPSA) is 0 Å². The van der Waals surface area contributed by atoms with Crippen molar-refractivity contribution in [1.82, 2.24) is 0 Å². The van der Waals surface area contributed by atoms with Gasteiger partial charge in [-0.25, -0.2) is 0 Å². The molecule has 0 nitrogen and oxygen atoms in total. The molecule has 0 bridgehead atoms. The van der Waals surface area contributed by atoms with E-state index in [0.29, 0.717) is 0 Å². The SMILES string of the molecule is CCC[CH2][Sn]([CH3])([CH3])[S][Sn]([CH3])([CH3])[CH2]CCC. The predicted octanol–water partition coefficient (Wildman–Crippen LogP) is 5.73. The average molecular weight is 444 g/mol. The normalized spacial score (nSPS) is 13.2. The summed E-state index contributed by atoms with van der Waals surface area (Å²) in [5, 5.41) is 0. The van der Waals surface area contributed by atoms with Crippen LogP contribution in [0.15, 0.2) is 0 Å². The van der Waals surface area contributed by atoms with Crippen molar-refractivity contribution < 1.29 is 0 Å². The first-order valence-electron chi connectivity index (χ1n) is 6.53. The third-order valence-electron chi connectivity index (χ3n) is 2.82. The van der Waals surface area contributed by atoms with Gasteiger partial charge in [-0.3, -0.25) is 0 Å². The van der Waals surface area contributed by atoms with Crippen LogP contribution >= 0.6 is 6.13 Å². The maximum absolute atomic E-state index is 2.67. The average Bonchev–Trinajstić information content (AvgIpc) is 2.10. The maximum atomic E-state index is 2.67. The van der Waals surface area contributed by atoms with Crippen LogP contribution in [0.25, 0.3) is 0 Å². The Balaban J connectivity index is 4.04. The van der Waals surface area contributed by atoms with Gasteiger partial charge in [0.2, 0.25) is 0 Å². The van der Waals surface area contributed by atoms with Gasteiger partial charge in [0.15, 0.2) is 0 Å². The van der Waals surface area contributed by atoms with Gasteiger partial charge in [-0.05, 0) is 0 Å². The van der Waals surface area contributed by atoms with Crippen LogP contribution in [0, 0.1) is 0 Å². The van der Waals surface area contributed by atoms with Crippen molar-refractivity contribution in [2.75, 3.05) is 0 Å². The van der Waals surface area contributed by atoms with E-state index in [4.69, 9.17) is 0 Å². The quantitative estimate of drug-likeness (QED) is 0.432. The van der Waals surface area contributed by atoms with E-state index in [1.807, 2.05) is 0 Å². The summed E-state index contributed by atoms with van der Waals surface area (Å²) in [6, 6.07) is 0. The zero-order valence-corrected chi connectivity index (χ0v) is 18.2. The molecular weight excluding hydrogens is 414 g/mol. The van der Waals surface area contributed by atoms with Crippen molar-refractivity contribution >= 4 is 40.1 Å². The number of hydrogen-bond donors (Lipinski definition) is 0. The van der Waals surface area contributed by atoms with Gasteiger partial charge < -0.3 is 0 Å².